The second kappa shape index (κ2) is 11.7. The lowest BCUT2D eigenvalue weighted by molar-refractivity contribution is 0.252. The highest BCUT2D eigenvalue weighted by Crippen LogP contribution is 2.39. The molecule has 3 aromatic carbocycles. The Kier molecular flexibility index (Phi) is 8.46. The van der Waals surface area contributed by atoms with Crippen molar-refractivity contribution >= 4 is 67.4 Å². The molecule has 9 heteroatoms. The van der Waals surface area contributed by atoms with Gasteiger partial charge in [0.1, 0.15) is 0 Å². The number of para-hydroxylation sites is 1. The number of alkyl halides is 2. The first-order valence-corrected chi connectivity index (χ1v) is 12.8. The molecule has 6 nitrogen and oxygen atoms in total. The zero-order valence-corrected chi connectivity index (χ0v) is 21.9. The van der Waals surface area contributed by atoms with Crippen molar-refractivity contribution in [1.29, 1.82) is 0 Å². The normalized spacial score (nSPS) is 10.9. The first-order valence-electron chi connectivity index (χ1n) is 11.0. The van der Waals surface area contributed by atoms with Crippen molar-refractivity contribution in [2.45, 2.75) is 0 Å². The Hall–Kier alpha value is -2.84. The van der Waals surface area contributed by atoms with Crippen LogP contribution in [0.25, 0.3) is 33.3 Å². The van der Waals surface area contributed by atoms with Crippen LogP contribution in [0.15, 0.2) is 77.3 Å². The van der Waals surface area contributed by atoms with Crippen molar-refractivity contribution in [3.8, 4) is 22.4 Å². The van der Waals surface area contributed by atoms with Gasteiger partial charge in [0.2, 0.25) is 0 Å². The van der Waals surface area contributed by atoms with Gasteiger partial charge in [0.15, 0.2) is 0 Å². The molecule has 0 spiro atoms. The summed E-state index contributed by atoms with van der Waals surface area (Å²) in [7, 11) is 0. The SMILES string of the molecule is NNC(=O)Nc1ccc(N(CCCl)CCCl)c(-c2cc(-c3cccc(Br)c3)nc3ccccc23)c1. The summed E-state index contributed by atoms with van der Waals surface area (Å²) in [4.78, 5) is 19.0. The van der Waals surface area contributed by atoms with E-state index in [2.05, 4.69) is 37.6 Å². The van der Waals surface area contributed by atoms with Gasteiger partial charge in [0.25, 0.3) is 0 Å². The number of pyridine rings is 1. The smallest absolute Gasteiger partial charge is 0.333 e. The van der Waals surface area contributed by atoms with Crippen LogP contribution in [0, 0.1) is 0 Å². The summed E-state index contributed by atoms with van der Waals surface area (Å²) < 4.78 is 0.974. The van der Waals surface area contributed by atoms with Crippen molar-refractivity contribution in [3.63, 3.8) is 0 Å². The minimum absolute atomic E-state index is 0.451. The molecule has 0 atom stereocenters. The van der Waals surface area contributed by atoms with Crippen LogP contribution in [-0.2, 0) is 0 Å². The summed E-state index contributed by atoms with van der Waals surface area (Å²) >= 11 is 15.8. The second-order valence-corrected chi connectivity index (χ2v) is 9.45. The van der Waals surface area contributed by atoms with Gasteiger partial charge in [-0.15, -0.1) is 23.2 Å². The van der Waals surface area contributed by atoms with E-state index in [1.54, 1.807) is 0 Å². The third-order valence-electron chi connectivity index (χ3n) is 5.56. The number of hydrogen-bond acceptors (Lipinski definition) is 4. The number of rotatable bonds is 8. The lowest BCUT2D eigenvalue weighted by atomic mass is 9.96. The number of urea groups is 1. The third-order valence-corrected chi connectivity index (χ3v) is 6.39. The molecule has 2 amide bonds. The second-order valence-electron chi connectivity index (χ2n) is 7.78. The summed E-state index contributed by atoms with van der Waals surface area (Å²) in [6, 6.07) is 23.4. The minimum Gasteiger partial charge on any atom is -0.369 e. The number of nitrogens with two attached hydrogens (primary N) is 1. The van der Waals surface area contributed by atoms with E-state index >= 15 is 0 Å². The predicted octanol–water partition coefficient (Wildman–Crippen LogP) is 6.61. The van der Waals surface area contributed by atoms with Gasteiger partial charge < -0.3 is 10.2 Å². The molecule has 4 N–H and O–H groups in total. The van der Waals surface area contributed by atoms with Gasteiger partial charge in [-0.1, -0.05) is 46.3 Å². The molecule has 0 fully saturated rings. The largest absolute Gasteiger partial charge is 0.369 e. The minimum atomic E-state index is -0.503. The summed E-state index contributed by atoms with van der Waals surface area (Å²) in [5.74, 6) is 6.19. The highest BCUT2D eigenvalue weighted by atomic mass is 79.9. The summed E-state index contributed by atoms with van der Waals surface area (Å²) in [5.41, 5.74) is 8.26. The number of hydrazine groups is 1. The highest BCUT2D eigenvalue weighted by molar-refractivity contribution is 9.10. The van der Waals surface area contributed by atoms with Crippen molar-refractivity contribution in [2.24, 2.45) is 5.84 Å². The number of amides is 2. The molecule has 35 heavy (non-hydrogen) atoms. The van der Waals surface area contributed by atoms with Gasteiger partial charge in [-0.3, -0.25) is 5.43 Å². The van der Waals surface area contributed by atoms with Gasteiger partial charge in [-0.25, -0.2) is 15.6 Å². The van der Waals surface area contributed by atoms with Gasteiger partial charge in [0.05, 0.1) is 11.2 Å². The Balaban J connectivity index is 1.98. The monoisotopic (exact) mass is 571 g/mol. The summed E-state index contributed by atoms with van der Waals surface area (Å²) in [6.07, 6.45) is 0. The van der Waals surface area contributed by atoms with Crippen molar-refractivity contribution in [3.05, 3.63) is 77.3 Å². The fraction of sp³-hybridized carbons (Fsp3) is 0.154. The average Bonchev–Trinajstić information content (AvgIpc) is 2.88. The Morgan fingerprint density at radius 3 is 2.43 bits per heavy atom. The molecule has 0 aliphatic rings. The zero-order valence-electron chi connectivity index (χ0n) is 18.8. The number of aromatic nitrogens is 1. The van der Waals surface area contributed by atoms with E-state index in [0.29, 0.717) is 30.5 Å². The standard InChI is InChI=1S/C26H24BrCl2N5O/c27-18-5-3-4-17(14-18)24-16-21(20-6-1-2-7-23(20)32-24)22-15-19(31-26(35)33-30)8-9-25(22)34(12-10-28)13-11-29/h1-9,14-16H,10-13,30H2,(H2,31,33,35). The average molecular weight is 573 g/mol. The van der Waals surface area contributed by atoms with E-state index in [4.69, 9.17) is 34.0 Å². The van der Waals surface area contributed by atoms with Crippen molar-refractivity contribution < 1.29 is 4.79 Å². The molecule has 0 bridgehead atoms. The molecule has 0 aliphatic heterocycles. The number of halogens is 3. The fourth-order valence-corrected chi connectivity index (χ4v) is 4.83. The fourth-order valence-electron chi connectivity index (χ4n) is 4.02. The first kappa shape index (κ1) is 25.3. The first-order chi connectivity index (χ1) is 17.0. The number of nitrogens with zero attached hydrogens (tertiary/aromatic N) is 2. The molecule has 0 aliphatic carbocycles. The maximum absolute atomic E-state index is 11.9. The Labute approximate surface area is 222 Å². The van der Waals surface area contributed by atoms with Gasteiger partial charge >= 0.3 is 6.03 Å². The number of anilines is 2. The number of carbonyl (C=O) groups is 1. The molecular formula is C26H24BrCl2N5O. The molecule has 4 aromatic rings. The summed E-state index contributed by atoms with van der Waals surface area (Å²) in [5, 5.41) is 3.76. The third kappa shape index (κ3) is 5.87. The lowest BCUT2D eigenvalue weighted by Gasteiger charge is -2.27. The molecule has 4 rings (SSSR count). The van der Waals surface area contributed by atoms with E-state index in [1.165, 1.54) is 0 Å². The van der Waals surface area contributed by atoms with E-state index in [1.807, 2.05) is 66.7 Å². The van der Waals surface area contributed by atoms with Crippen molar-refractivity contribution in [2.75, 3.05) is 35.1 Å². The van der Waals surface area contributed by atoms with Crippen LogP contribution in [0.4, 0.5) is 16.2 Å². The van der Waals surface area contributed by atoms with E-state index in [-0.39, 0.29) is 0 Å². The molecule has 1 heterocycles. The van der Waals surface area contributed by atoms with Crippen LogP contribution >= 0.6 is 39.1 Å². The number of hydrogen-bond donors (Lipinski definition) is 3. The van der Waals surface area contributed by atoms with Gasteiger partial charge in [-0.05, 0) is 48.0 Å². The number of benzene rings is 3. The zero-order chi connectivity index (χ0) is 24.8. The Morgan fingerprint density at radius 1 is 0.943 bits per heavy atom. The summed E-state index contributed by atoms with van der Waals surface area (Å²) in [6.45, 7) is 1.25. The lowest BCUT2D eigenvalue weighted by Crippen LogP contribution is -2.34. The van der Waals surface area contributed by atoms with Gasteiger partial charge in [-0.2, -0.15) is 0 Å². The van der Waals surface area contributed by atoms with Crippen LogP contribution < -0.4 is 21.5 Å². The van der Waals surface area contributed by atoms with E-state index in [9.17, 15) is 4.79 Å². The molecule has 0 radical (unpaired) electrons. The van der Waals surface area contributed by atoms with Crippen LogP contribution in [-0.4, -0.2) is 35.9 Å². The van der Waals surface area contributed by atoms with E-state index in [0.717, 1.165) is 43.4 Å². The Bertz CT molecular complexity index is 1340. The molecule has 0 unspecified atom stereocenters. The molecule has 0 saturated heterocycles. The topological polar surface area (TPSA) is 83.3 Å². The highest BCUT2D eigenvalue weighted by Gasteiger charge is 2.18. The quantitative estimate of drug-likeness (QED) is 0.0959. The van der Waals surface area contributed by atoms with Crippen LogP contribution in [0.5, 0.6) is 0 Å². The maximum Gasteiger partial charge on any atom is 0.333 e. The maximum atomic E-state index is 11.9. The molecule has 0 saturated carbocycles. The molecule has 1 aromatic heterocycles. The van der Waals surface area contributed by atoms with Crippen LogP contribution in [0.1, 0.15) is 0 Å². The number of nitrogens with one attached hydrogen (secondary N) is 2. The van der Waals surface area contributed by atoms with Crippen LogP contribution in [0.3, 0.4) is 0 Å². The molecular weight excluding hydrogens is 549 g/mol. The molecule has 180 valence electrons. The van der Waals surface area contributed by atoms with E-state index < -0.39 is 6.03 Å². The van der Waals surface area contributed by atoms with Crippen LogP contribution in [0.2, 0.25) is 0 Å². The number of carbonyl (C=O) groups excluding carboxylic acids is 1. The Morgan fingerprint density at radius 2 is 1.71 bits per heavy atom. The van der Waals surface area contributed by atoms with Crippen molar-refractivity contribution in [1.82, 2.24) is 10.4 Å². The van der Waals surface area contributed by atoms with Gasteiger partial charge in [0, 0.05) is 57.2 Å². The number of fused-ring (bicyclic) bond motifs is 1. The predicted molar refractivity (Wildman–Crippen MR) is 150 cm³/mol.